The molecule has 1 aromatic carbocycles. The number of likely N-dealkylation sites (tertiary alicyclic amines) is 1. The lowest BCUT2D eigenvalue weighted by molar-refractivity contribution is -0.122. The van der Waals surface area contributed by atoms with Gasteiger partial charge in [0.2, 0.25) is 5.91 Å². The Hall–Kier alpha value is -1.55. The molecule has 2 rings (SSSR count). The molecule has 1 aliphatic heterocycles. The number of amides is 1. The fourth-order valence-corrected chi connectivity index (χ4v) is 2.51. The molecule has 0 aromatic heterocycles. The number of rotatable bonds is 4. The molecular weight excluding hydrogens is 228 g/mol. The van der Waals surface area contributed by atoms with Crippen LogP contribution in [0.5, 0.6) is 5.75 Å². The highest BCUT2D eigenvalue weighted by molar-refractivity contribution is 5.77. The molecule has 1 aliphatic rings. The number of hydrogen-bond donors (Lipinski definition) is 1. The Balaban J connectivity index is 2.12. The Morgan fingerprint density at radius 3 is 3.11 bits per heavy atom. The molecule has 4 nitrogen and oxygen atoms in total. The maximum Gasteiger partial charge on any atom is 0.233 e. The molecule has 0 radical (unpaired) electrons. The second-order valence-corrected chi connectivity index (χ2v) is 4.58. The van der Waals surface area contributed by atoms with Crippen molar-refractivity contribution in [1.82, 2.24) is 10.2 Å². The van der Waals surface area contributed by atoms with Crippen LogP contribution in [-0.4, -0.2) is 38.1 Å². The van der Waals surface area contributed by atoms with Crippen LogP contribution in [0.15, 0.2) is 24.3 Å². The summed E-state index contributed by atoms with van der Waals surface area (Å²) in [5.74, 6) is 0.948. The summed E-state index contributed by atoms with van der Waals surface area (Å²) in [6.07, 6.45) is 2.24. The molecule has 1 aromatic rings. The van der Waals surface area contributed by atoms with Crippen LogP contribution in [0.1, 0.15) is 24.4 Å². The van der Waals surface area contributed by atoms with Crippen molar-refractivity contribution in [3.05, 3.63) is 29.8 Å². The average molecular weight is 248 g/mol. The third-order valence-corrected chi connectivity index (χ3v) is 3.47. The molecule has 98 valence electrons. The van der Waals surface area contributed by atoms with E-state index < -0.39 is 0 Å². The van der Waals surface area contributed by atoms with Crippen LogP contribution < -0.4 is 10.1 Å². The highest BCUT2D eigenvalue weighted by atomic mass is 16.5. The van der Waals surface area contributed by atoms with Gasteiger partial charge in [-0.25, -0.2) is 0 Å². The number of carbonyl (C=O) groups excluding carboxylic acids is 1. The lowest BCUT2D eigenvalue weighted by Gasteiger charge is -2.24. The molecule has 0 saturated carbocycles. The van der Waals surface area contributed by atoms with Gasteiger partial charge in [-0.2, -0.15) is 0 Å². The molecule has 1 N–H and O–H groups in total. The first-order chi connectivity index (χ1) is 8.74. The highest BCUT2D eigenvalue weighted by Gasteiger charge is 2.27. The van der Waals surface area contributed by atoms with Gasteiger partial charge in [0.15, 0.2) is 0 Å². The van der Waals surface area contributed by atoms with Gasteiger partial charge >= 0.3 is 0 Å². The van der Waals surface area contributed by atoms with Crippen LogP contribution in [0.4, 0.5) is 0 Å². The predicted octanol–water partition coefficient (Wildman–Crippen LogP) is 1.58. The zero-order valence-corrected chi connectivity index (χ0v) is 11.0. The number of ether oxygens (including phenoxy) is 1. The number of methoxy groups -OCH3 is 1. The predicted molar refractivity (Wildman–Crippen MR) is 70.6 cm³/mol. The maximum absolute atomic E-state index is 11.5. The fraction of sp³-hybridized carbons (Fsp3) is 0.500. The summed E-state index contributed by atoms with van der Waals surface area (Å²) in [6, 6.07) is 8.45. The SMILES string of the molecule is CNC(=O)CN1CCC[C@H]1c1cccc(OC)c1. The summed E-state index contributed by atoms with van der Waals surface area (Å²) in [7, 11) is 3.36. The van der Waals surface area contributed by atoms with Crippen molar-refractivity contribution in [1.29, 1.82) is 0 Å². The highest BCUT2D eigenvalue weighted by Crippen LogP contribution is 2.32. The van der Waals surface area contributed by atoms with E-state index in [9.17, 15) is 4.79 Å². The van der Waals surface area contributed by atoms with Gasteiger partial charge in [0.05, 0.1) is 13.7 Å². The summed E-state index contributed by atoms with van der Waals surface area (Å²) in [4.78, 5) is 13.7. The number of likely N-dealkylation sites (N-methyl/N-ethyl adjacent to an activating group) is 1. The van der Waals surface area contributed by atoms with E-state index in [0.29, 0.717) is 12.6 Å². The molecular formula is C14H20N2O2. The summed E-state index contributed by atoms with van der Waals surface area (Å²) >= 11 is 0. The molecule has 0 spiro atoms. The topological polar surface area (TPSA) is 41.6 Å². The van der Waals surface area contributed by atoms with Crippen LogP contribution in [0, 0.1) is 0 Å². The zero-order valence-electron chi connectivity index (χ0n) is 11.0. The Morgan fingerprint density at radius 1 is 1.56 bits per heavy atom. The molecule has 1 saturated heterocycles. The first kappa shape index (κ1) is 12.9. The lowest BCUT2D eigenvalue weighted by atomic mass is 10.0. The van der Waals surface area contributed by atoms with Crippen molar-refractivity contribution < 1.29 is 9.53 Å². The van der Waals surface area contributed by atoms with Crippen molar-refractivity contribution in [3.8, 4) is 5.75 Å². The molecule has 4 heteroatoms. The van der Waals surface area contributed by atoms with Gasteiger partial charge < -0.3 is 10.1 Å². The molecule has 18 heavy (non-hydrogen) atoms. The van der Waals surface area contributed by atoms with E-state index in [4.69, 9.17) is 4.74 Å². The average Bonchev–Trinajstić information content (AvgIpc) is 2.86. The largest absolute Gasteiger partial charge is 0.497 e. The van der Waals surface area contributed by atoms with Crippen molar-refractivity contribution in [3.63, 3.8) is 0 Å². The first-order valence-electron chi connectivity index (χ1n) is 6.33. The number of benzene rings is 1. The second kappa shape index (κ2) is 5.87. The van der Waals surface area contributed by atoms with Gasteiger partial charge in [0.25, 0.3) is 0 Å². The summed E-state index contributed by atoms with van der Waals surface area (Å²) in [5, 5.41) is 2.68. The van der Waals surface area contributed by atoms with E-state index in [0.717, 1.165) is 25.1 Å². The van der Waals surface area contributed by atoms with Crippen molar-refractivity contribution in [2.24, 2.45) is 0 Å². The molecule has 1 amide bonds. The van der Waals surface area contributed by atoms with E-state index >= 15 is 0 Å². The van der Waals surface area contributed by atoms with Gasteiger partial charge in [-0.15, -0.1) is 0 Å². The van der Waals surface area contributed by atoms with Crippen LogP contribution >= 0.6 is 0 Å². The molecule has 1 heterocycles. The number of hydrogen-bond acceptors (Lipinski definition) is 3. The Kier molecular flexibility index (Phi) is 4.20. The van der Waals surface area contributed by atoms with Crippen LogP contribution in [0.25, 0.3) is 0 Å². The quantitative estimate of drug-likeness (QED) is 0.879. The van der Waals surface area contributed by atoms with Gasteiger partial charge in [-0.05, 0) is 37.1 Å². The number of nitrogens with one attached hydrogen (secondary N) is 1. The molecule has 1 fully saturated rings. The van der Waals surface area contributed by atoms with Crippen LogP contribution in [-0.2, 0) is 4.79 Å². The van der Waals surface area contributed by atoms with Crippen molar-refractivity contribution in [2.45, 2.75) is 18.9 Å². The van der Waals surface area contributed by atoms with Crippen LogP contribution in [0.3, 0.4) is 0 Å². The van der Waals surface area contributed by atoms with E-state index in [1.165, 1.54) is 5.56 Å². The van der Waals surface area contributed by atoms with Crippen molar-refractivity contribution >= 4 is 5.91 Å². The van der Waals surface area contributed by atoms with E-state index in [2.05, 4.69) is 22.3 Å². The summed E-state index contributed by atoms with van der Waals surface area (Å²) in [5.41, 5.74) is 1.23. The summed E-state index contributed by atoms with van der Waals surface area (Å²) < 4.78 is 5.25. The van der Waals surface area contributed by atoms with Gasteiger partial charge in [-0.3, -0.25) is 9.69 Å². The lowest BCUT2D eigenvalue weighted by Crippen LogP contribution is -2.35. The Morgan fingerprint density at radius 2 is 2.39 bits per heavy atom. The normalized spacial score (nSPS) is 19.8. The third kappa shape index (κ3) is 2.82. The molecule has 0 bridgehead atoms. The van der Waals surface area contributed by atoms with Gasteiger partial charge in [-0.1, -0.05) is 12.1 Å². The van der Waals surface area contributed by atoms with Gasteiger partial charge in [0, 0.05) is 13.1 Å². The van der Waals surface area contributed by atoms with E-state index in [1.807, 2.05) is 12.1 Å². The third-order valence-electron chi connectivity index (χ3n) is 3.47. The minimum absolute atomic E-state index is 0.0739. The van der Waals surface area contributed by atoms with Crippen LogP contribution in [0.2, 0.25) is 0 Å². The minimum Gasteiger partial charge on any atom is -0.497 e. The minimum atomic E-state index is 0.0739. The molecule has 1 atom stereocenters. The Bertz CT molecular complexity index is 420. The van der Waals surface area contributed by atoms with Crippen molar-refractivity contribution in [2.75, 3.05) is 27.2 Å². The smallest absolute Gasteiger partial charge is 0.233 e. The fourth-order valence-electron chi connectivity index (χ4n) is 2.51. The van der Waals surface area contributed by atoms with Gasteiger partial charge in [0.1, 0.15) is 5.75 Å². The first-order valence-corrected chi connectivity index (χ1v) is 6.33. The monoisotopic (exact) mass is 248 g/mol. The second-order valence-electron chi connectivity index (χ2n) is 4.58. The number of nitrogens with zero attached hydrogens (tertiary/aromatic N) is 1. The Labute approximate surface area is 108 Å². The standard InChI is InChI=1S/C14H20N2O2/c1-15-14(17)10-16-8-4-7-13(16)11-5-3-6-12(9-11)18-2/h3,5-6,9,13H,4,7-8,10H2,1-2H3,(H,15,17)/t13-/m0/s1. The molecule has 0 aliphatic carbocycles. The van der Waals surface area contributed by atoms with E-state index in [-0.39, 0.29) is 5.91 Å². The van der Waals surface area contributed by atoms with E-state index in [1.54, 1.807) is 14.2 Å². The number of carbonyl (C=O) groups is 1. The maximum atomic E-state index is 11.5. The summed E-state index contributed by atoms with van der Waals surface area (Å²) in [6.45, 7) is 1.45. The molecule has 0 unspecified atom stereocenters. The zero-order chi connectivity index (χ0) is 13.0.